The van der Waals surface area contributed by atoms with E-state index in [1.54, 1.807) is 0 Å². The van der Waals surface area contributed by atoms with Gasteiger partial charge >= 0.3 is 138 Å². The molecule has 0 aromatic carbocycles. The SMILES string of the molecule is CC(C)(C)[CH2][Ti]([CH2]C(C)(C)C)([CH2]C(C)(C)C)[C]1=CC=CC1. The van der Waals surface area contributed by atoms with Crippen LogP contribution in [-0.2, 0) is 16.6 Å². The van der Waals surface area contributed by atoms with Gasteiger partial charge in [0.2, 0.25) is 0 Å². The van der Waals surface area contributed by atoms with Crippen molar-refractivity contribution in [3.05, 3.63) is 22.1 Å². The minimum absolute atomic E-state index is 0.444. The molecule has 0 aromatic rings. The van der Waals surface area contributed by atoms with E-state index in [0.29, 0.717) is 16.2 Å². The molecular formula is C20H38Ti. The standard InChI is InChI=1S/C5H5.3C5H11.Ti/c1-2-4-5-3-1;3*1-5(2,3)4;/h1-3H,4H2;3*1H2,2-4H3;. The molecule has 0 saturated carbocycles. The maximum atomic E-state index is 2.49. The Labute approximate surface area is 137 Å². The summed E-state index contributed by atoms with van der Waals surface area (Å²) < 4.78 is 6.26. The number of hydrogen-bond acceptors (Lipinski definition) is 0. The third kappa shape index (κ3) is 6.87. The van der Waals surface area contributed by atoms with Gasteiger partial charge in [-0.15, -0.1) is 0 Å². The van der Waals surface area contributed by atoms with Crippen molar-refractivity contribution >= 4 is 0 Å². The fourth-order valence-corrected chi connectivity index (χ4v) is 17.1. The molecule has 0 spiro atoms. The fraction of sp³-hybridized carbons (Fsp3) is 0.800. The van der Waals surface area contributed by atoms with Gasteiger partial charge in [-0.05, 0) is 0 Å². The molecule has 0 nitrogen and oxygen atoms in total. The number of hydrogen-bond donors (Lipinski definition) is 0. The minimum atomic E-state index is -2.10. The van der Waals surface area contributed by atoms with Crippen molar-refractivity contribution in [3.63, 3.8) is 0 Å². The molecule has 0 heterocycles. The molecule has 21 heavy (non-hydrogen) atoms. The second kappa shape index (κ2) is 6.36. The monoisotopic (exact) mass is 326 g/mol. The molecule has 0 atom stereocenters. The second-order valence-electron chi connectivity index (χ2n) is 10.8. The molecule has 0 saturated heterocycles. The molecule has 0 bridgehead atoms. The Hall–Kier alpha value is 0.194. The summed E-state index contributed by atoms with van der Waals surface area (Å²) >= 11 is -2.10. The zero-order valence-electron chi connectivity index (χ0n) is 16.1. The van der Waals surface area contributed by atoms with E-state index < -0.39 is 16.6 Å². The summed E-state index contributed by atoms with van der Waals surface area (Å²) in [6.07, 6.45) is 8.41. The van der Waals surface area contributed by atoms with Crippen LogP contribution in [0.1, 0.15) is 68.7 Å². The topological polar surface area (TPSA) is 0 Å². The second-order valence-corrected chi connectivity index (χ2v) is 17.5. The van der Waals surface area contributed by atoms with Gasteiger partial charge in [0.25, 0.3) is 0 Å². The molecule has 122 valence electrons. The maximum absolute atomic E-state index is 2.49. The van der Waals surface area contributed by atoms with Crippen LogP contribution < -0.4 is 0 Å². The van der Waals surface area contributed by atoms with Gasteiger partial charge < -0.3 is 0 Å². The van der Waals surface area contributed by atoms with Crippen LogP contribution in [0.4, 0.5) is 0 Å². The Bertz CT molecular complexity index is 364. The van der Waals surface area contributed by atoms with Gasteiger partial charge in [0.1, 0.15) is 0 Å². The fourth-order valence-electron chi connectivity index (χ4n) is 4.41. The van der Waals surface area contributed by atoms with Crippen molar-refractivity contribution in [1.29, 1.82) is 0 Å². The van der Waals surface area contributed by atoms with Gasteiger partial charge in [-0.3, -0.25) is 0 Å². The van der Waals surface area contributed by atoms with Crippen molar-refractivity contribution in [2.45, 2.75) is 82.9 Å². The Morgan fingerprint density at radius 1 is 0.762 bits per heavy atom. The molecule has 0 aliphatic heterocycles. The van der Waals surface area contributed by atoms with E-state index in [4.69, 9.17) is 0 Å². The van der Waals surface area contributed by atoms with Crippen molar-refractivity contribution in [2.24, 2.45) is 16.2 Å². The van der Waals surface area contributed by atoms with Crippen molar-refractivity contribution < 1.29 is 16.6 Å². The van der Waals surface area contributed by atoms with E-state index in [9.17, 15) is 0 Å². The van der Waals surface area contributed by atoms with Gasteiger partial charge in [-0.25, -0.2) is 0 Å². The molecule has 1 aliphatic carbocycles. The molecule has 0 aromatic heterocycles. The van der Waals surface area contributed by atoms with Crippen LogP contribution in [0.15, 0.2) is 22.1 Å². The van der Waals surface area contributed by atoms with Crippen LogP contribution in [0.5, 0.6) is 0 Å². The summed E-state index contributed by atoms with van der Waals surface area (Å²) in [5.74, 6) is 0. The third-order valence-corrected chi connectivity index (χ3v) is 14.9. The average Bonchev–Trinajstić information content (AvgIpc) is 2.59. The molecule has 0 amide bonds. The Balaban J connectivity index is 3.25. The summed E-state index contributed by atoms with van der Waals surface area (Å²) in [6, 6.07) is 0. The van der Waals surface area contributed by atoms with E-state index in [-0.39, 0.29) is 0 Å². The molecule has 0 fully saturated rings. The molecule has 1 aliphatic rings. The molecule has 0 radical (unpaired) electrons. The van der Waals surface area contributed by atoms with Crippen molar-refractivity contribution in [2.75, 3.05) is 0 Å². The van der Waals surface area contributed by atoms with Crippen LogP contribution in [0, 0.1) is 16.2 Å². The molecular weight excluding hydrogens is 288 g/mol. The summed E-state index contributed by atoms with van der Waals surface area (Å²) in [7, 11) is 0. The van der Waals surface area contributed by atoms with Gasteiger partial charge in [0.15, 0.2) is 0 Å². The van der Waals surface area contributed by atoms with Crippen LogP contribution in [0.2, 0.25) is 14.2 Å². The van der Waals surface area contributed by atoms with E-state index in [1.807, 2.05) is 3.88 Å². The van der Waals surface area contributed by atoms with E-state index in [2.05, 4.69) is 80.5 Å². The van der Waals surface area contributed by atoms with E-state index in [1.165, 1.54) is 20.6 Å². The van der Waals surface area contributed by atoms with Gasteiger partial charge in [-0.2, -0.15) is 0 Å². The van der Waals surface area contributed by atoms with Crippen LogP contribution in [-0.4, -0.2) is 0 Å². The van der Waals surface area contributed by atoms with Crippen LogP contribution >= 0.6 is 0 Å². The van der Waals surface area contributed by atoms with Crippen LogP contribution in [0.3, 0.4) is 0 Å². The van der Waals surface area contributed by atoms with Gasteiger partial charge in [0.05, 0.1) is 0 Å². The Kier molecular flexibility index (Phi) is 5.83. The summed E-state index contributed by atoms with van der Waals surface area (Å²) in [5, 5.41) is 0. The van der Waals surface area contributed by atoms with Gasteiger partial charge in [0, 0.05) is 0 Å². The van der Waals surface area contributed by atoms with E-state index in [0.717, 1.165) is 0 Å². The van der Waals surface area contributed by atoms with Crippen molar-refractivity contribution in [1.82, 2.24) is 0 Å². The molecule has 1 heteroatoms. The van der Waals surface area contributed by atoms with Crippen molar-refractivity contribution in [3.8, 4) is 0 Å². The third-order valence-electron chi connectivity index (χ3n) is 4.06. The first-order chi connectivity index (χ1) is 9.23. The molecule has 1 rings (SSSR count). The summed E-state index contributed by atoms with van der Waals surface area (Å²) in [6.45, 7) is 22.0. The summed E-state index contributed by atoms with van der Waals surface area (Å²) in [5.41, 5.74) is 1.33. The Morgan fingerprint density at radius 2 is 1.14 bits per heavy atom. The van der Waals surface area contributed by atoms with E-state index >= 15 is 0 Å². The first kappa shape index (κ1) is 19.2. The number of rotatable bonds is 4. The predicted octanol–water partition coefficient (Wildman–Crippen LogP) is 7.38. The predicted molar refractivity (Wildman–Crippen MR) is 94.6 cm³/mol. The quantitative estimate of drug-likeness (QED) is 0.473. The first-order valence-electron chi connectivity index (χ1n) is 8.59. The summed E-state index contributed by atoms with van der Waals surface area (Å²) in [4.78, 5) is 0. The first-order valence-corrected chi connectivity index (χ1v) is 12.7. The zero-order chi connectivity index (χ0) is 16.5. The van der Waals surface area contributed by atoms with Gasteiger partial charge in [-0.1, -0.05) is 0 Å². The molecule has 0 unspecified atom stereocenters. The average molecular weight is 326 g/mol. The Morgan fingerprint density at radius 3 is 1.38 bits per heavy atom. The van der Waals surface area contributed by atoms with Crippen LogP contribution in [0.25, 0.3) is 0 Å². The number of allylic oxidation sites excluding steroid dienone is 4. The normalized spacial score (nSPS) is 17.3. The zero-order valence-corrected chi connectivity index (χ0v) is 17.6. The molecule has 0 N–H and O–H groups in total.